The molecule has 112 valence electrons. The minimum absolute atomic E-state index is 0.280. The highest BCUT2D eigenvalue weighted by Gasteiger charge is 2.34. The molecular weight excluding hydrogens is 315 g/mol. The van der Waals surface area contributed by atoms with E-state index in [1.165, 1.54) is 27.7 Å². The van der Waals surface area contributed by atoms with Gasteiger partial charge in [0.2, 0.25) is 0 Å². The summed E-state index contributed by atoms with van der Waals surface area (Å²) >= 11 is 12.6. The molecule has 0 unspecified atom stereocenters. The molecule has 0 bridgehead atoms. The van der Waals surface area contributed by atoms with Crippen molar-refractivity contribution in [2.75, 3.05) is 12.4 Å². The quantitative estimate of drug-likeness (QED) is 0.669. The summed E-state index contributed by atoms with van der Waals surface area (Å²) in [6, 6.07) is 16.9. The zero-order chi connectivity index (χ0) is 15.1. The van der Waals surface area contributed by atoms with E-state index in [4.69, 9.17) is 23.2 Å². The summed E-state index contributed by atoms with van der Waals surface area (Å²) in [7, 11) is 0. The Morgan fingerprint density at radius 1 is 1.09 bits per heavy atom. The number of rotatable bonds is 2. The molecule has 3 N–H and O–H groups in total. The summed E-state index contributed by atoms with van der Waals surface area (Å²) in [6.07, 6.45) is 0. The Hall–Kier alpha value is -1.48. The van der Waals surface area contributed by atoms with Crippen molar-refractivity contribution in [3.05, 3.63) is 70.4 Å². The molecule has 0 fully saturated rings. The average Bonchev–Trinajstić information content (AvgIpc) is 2.94. The van der Waals surface area contributed by atoms with E-state index in [1.807, 2.05) is 12.1 Å². The number of benzene rings is 2. The predicted molar refractivity (Wildman–Crippen MR) is 91.8 cm³/mol. The van der Waals surface area contributed by atoms with Gasteiger partial charge in [-0.05, 0) is 17.7 Å². The van der Waals surface area contributed by atoms with Gasteiger partial charge in [-0.1, -0.05) is 48.0 Å². The van der Waals surface area contributed by atoms with Gasteiger partial charge in [-0.2, -0.15) is 0 Å². The van der Waals surface area contributed by atoms with Crippen LogP contribution in [0.4, 0.5) is 0 Å². The molecule has 1 aliphatic rings. The average molecular weight is 332 g/mol. The first-order valence-electron chi connectivity index (χ1n) is 7.54. The lowest BCUT2D eigenvalue weighted by Crippen LogP contribution is -2.88. The van der Waals surface area contributed by atoms with E-state index in [1.54, 1.807) is 0 Å². The number of nitrogens with two attached hydrogens (primary N) is 1. The van der Waals surface area contributed by atoms with Crippen LogP contribution >= 0.6 is 23.2 Å². The summed E-state index contributed by atoms with van der Waals surface area (Å²) in [5.41, 5.74) is 4.97. The van der Waals surface area contributed by atoms with E-state index in [2.05, 4.69) is 46.7 Å². The largest absolute Gasteiger partial charge is 0.353 e. The van der Waals surface area contributed by atoms with Gasteiger partial charge in [0.15, 0.2) is 0 Å². The standard InChI is InChI=1S/C18H16Cl2N2/c19-9-16-18-17(12-6-2-4-8-15(12)22-18)13(10-21-16)11-5-1-3-7-14(11)20/h1-8,13,16,21-22H,9-10H2/p+1/t13-,16-/m0/s1. The Morgan fingerprint density at radius 2 is 1.86 bits per heavy atom. The van der Waals surface area contributed by atoms with Crippen molar-refractivity contribution >= 4 is 34.1 Å². The van der Waals surface area contributed by atoms with Crippen molar-refractivity contribution in [2.24, 2.45) is 0 Å². The number of aromatic amines is 1. The van der Waals surface area contributed by atoms with Crippen LogP contribution in [0.5, 0.6) is 0 Å². The van der Waals surface area contributed by atoms with E-state index >= 15 is 0 Å². The molecule has 0 aliphatic carbocycles. The molecule has 3 aromatic rings. The molecule has 0 spiro atoms. The lowest BCUT2D eigenvalue weighted by molar-refractivity contribution is -0.697. The second kappa shape index (κ2) is 5.62. The highest BCUT2D eigenvalue weighted by atomic mass is 35.5. The Balaban J connectivity index is 1.96. The second-order valence-corrected chi connectivity index (χ2v) is 6.52. The Labute approximate surface area is 139 Å². The summed E-state index contributed by atoms with van der Waals surface area (Å²) < 4.78 is 0. The predicted octanol–water partition coefficient (Wildman–Crippen LogP) is 3.81. The monoisotopic (exact) mass is 331 g/mol. The summed E-state index contributed by atoms with van der Waals surface area (Å²) in [6.45, 7) is 0.968. The summed E-state index contributed by atoms with van der Waals surface area (Å²) in [4.78, 5) is 3.58. The number of H-pyrrole nitrogens is 1. The molecule has 2 nitrogen and oxygen atoms in total. The van der Waals surface area contributed by atoms with Crippen molar-refractivity contribution < 1.29 is 5.32 Å². The number of para-hydroxylation sites is 1. The van der Waals surface area contributed by atoms with E-state index in [9.17, 15) is 0 Å². The maximum atomic E-state index is 6.46. The van der Waals surface area contributed by atoms with E-state index in [0.29, 0.717) is 11.8 Å². The van der Waals surface area contributed by atoms with Crippen LogP contribution in [-0.4, -0.2) is 17.4 Å². The number of fused-ring (bicyclic) bond motifs is 3. The number of quaternary nitrogens is 1. The van der Waals surface area contributed by atoms with E-state index in [-0.39, 0.29) is 6.04 Å². The van der Waals surface area contributed by atoms with Crippen molar-refractivity contribution in [3.8, 4) is 0 Å². The molecule has 0 radical (unpaired) electrons. The molecule has 2 aromatic carbocycles. The summed E-state index contributed by atoms with van der Waals surface area (Å²) in [5.74, 6) is 0.897. The lowest BCUT2D eigenvalue weighted by Gasteiger charge is -2.27. The van der Waals surface area contributed by atoms with Gasteiger partial charge < -0.3 is 10.3 Å². The number of aromatic nitrogens is 1. The molecule has 22 heavy (non-hydrogen) atoms. The Kier molecular flexibility index (Phi) is 3.61. The van der Waals surface area contributed by atoms with Crippen LogP contribution in [0.3, 0.4) is 0 Å². The van der Waals surface area contributed by atoms with Crippen molar-refractivity contribution in [1.82, 2.24) is 4.98 Å². The molecular formula is C18H17Cl2N2+. The lowest BCUT2D eigenvalue weighted by atomic mass is 9.85. The molecule has 4 rings (SSSR count). The third kappa shape index (κ3) is 2.14. The van der Waals surface area contributed by atoms with Crippen molar-refractivity contribution in [2.45, 2.75) is 12.0 Å². The first-order chi connectivity index (χ1) is 10.8. The highest BCUT2D eigenvalue weighted by molar-refractivity contribution is 6.31. The number of nitrogens with one attached hydrogen (secondary N) is 1. The number of hydrogen-bond donors (Lipinski definition) is 2. The zero-order valence-electron chi connectivity index (χ0n) is 12.0. The van der Waals surface area contributed by atoms with Crippen molar-refractivity contribution in [1.29, 1.82) is 0 Å². The second-order valence-electron chi connectivity index (χ2n) is 5.80. The fraction of sp³-hybridized carbons (Fsp3) is 0.222. The minimum Gasteiger partial charge on any atom is -0.353 e. The number of hydrogen-bond acceptors (Lipinski definition) is 0. The van der Waals surface area contributed by atoms with Gasteiger partial charge in [-0.15, -0.1) is 11.6 Å². The molecule has 2 atom stereocenters. The Bertz CT molecular complexity index is 825. The fourth-order valence-corrected chi connectivity index (χ4v) is 4.12. The van der Waals surface area contributed by atoms with Crippen LogP contribution in [0, 0.1) is 0 Å². The molecule has 4 heteroatoms. The summed E-state index contributed by atoms with van der Waals surface area (Å²) in [5, 5.41) is 4.44. The zero-order valence-corrected chi connectivity index (χ0v) is 13.5. The first-order valence-corrected chi connectivity index (χ1v) is 8.45. The molecule has 1 aliphatic heterocycles. The minimum atomic E-state index is 0.280. The smallest absolute Gasteiger partial charge is 0.140 e. The van der Waals surface area contributed by atoms with Gasteiger partial charge in [-0.3, -0.25) is 0 Å². The number of alkyl halides is 1. The Morgan fingerprint density at radius 3 is 2.68 bits per heavy atom. The van der Waals surface area contributed by atoms with Crippen LogP contribution < -0.4 is 5.32 Å². The van der Waals surface area contributed by atoms with Gasteiger partial charge in [-0.25, -0.2) is 0 Å². The third-order valence-electron chi connectivity index (χ3n) is 4.60. The SMILES string of the molecule is ClC[C@@H]1[NH2+]C[C@@H](c2ccccc2Cl)c2c1[nH]c1ccccc21. The van der Waals surface area contributed by atoms with Crippen molar-refractivity contribution in [3.63, 3.8) is 0 Å². The van der Waals surface area contributed by atoms with Gasteiger partial charge >= 0.3 is 0 Å². The maximum absolute atomic E-state index is 6.46. The molecule has 2 heterocycles. The van der Waals surface area contributed by atoms with Crippen LogP contribution in [0.25, 0.3) is 10.9 Å². The first kappa shape index (κ1) is 14.1. The third-order valence-corrected chi connectivity index (χ3v) is 5.28. The van der Waals surface area contributed by atoms with Crippen LogP contribution in [0.15, 0.2) is 48.5 Å². The van der Waals surface area contributed by atoms with Gasteiger partial charge in [0, 0.05) is 21.5 Å². The van der Waals surface area contributed by atoms with Crippen LogP contribution in [0.2, 0.25) is 5.02 Å². The van der Waals surface area contributed by atoms with E-state index < -0.39 is 0 Å². The van der Waals surface area contributed by atoms with Crippen LogP contribution in [-0.2, 0) is 0 Å². The molecule has 1 aromatic heterocycles. The van der Waals surface area contributed by atoms with Gasteiger partial charge in [0.25, 0.3) is 0 Å². The molecule has 0 amide bonds. The fourth-order valence-electron chi connectivity index (χ4n) is 3.57. The van der Waals surface area contributed by atoms with Crippen LogP contribution in [0.1, 0.15) is 28.8 Å². The molecule has 0 saturated heterocycles. The normalized spacial score (nSPS) is 21.0. The maximum Gasteiger partial charge on any atom is 0.140 e. The topological polar surface area (TPSA) is 32.4 Å². The molecule has 0 saturated carbocycles. The highest BCUT2D eigenvalue weighted by Crippen LogP contribution is 2.39. The number of halogens is 2. The van der Waals surface area contributed by atoms with Gasteiger partial charge in [0.05, 0.1) is 24.0 Å². The van der Waals surface area contributed by atoms with E-state index in [0.717, 1.165) is 11.6 Å². The van der Waals surface area contributed by atoms with Gasteiger partial charge in [0.1, 0.15) is 6.04 Å².